The Bertz CT molecular complexity index is 1620. The second-order valence-electron chi connectivity index (χ2n) is 14.2. The smallest absolute Gasteiger partial charge is 0.257 e. The van der Waals surface area contributed by atoms with Crippen molar-refractivity contribution in [1.29, 1.82) is 0 Å². The maximum absolute atomic E-state index is 14.0. The number of nitrogens with one attached hydrogen (secondary N) is 1. The van der Waals surface area contributed by atoms with Gasteiger partial charge in [0.1, 0.15) is 12.2 Å². The van der Waals surface area contributed by atoms with E-state index >= 15 is 0 Å². The van der Waals surface area contributed by atoms with Crippen LogP contribution >= 0.6 is 34.5 Å². The molecular weight excluding hydrogens is 657 g/mol. The van der Waals surface area contributed by atoms with Crippen LogP contribution in [-0.4, -0.2) is 84.0 Å². The van der Waals surface area contributed by atoms with Crippen LogP contribution in [0.1, 0.15) is 68.8 Å². The lowest BCUT2D eigenvalue weighted by molar-refractivity contribution is -0.156. The van der Waals surface area contributed by atoms with Gasteiger partial charge in [0.15, 0.2) is 5.79 Å². The second-order valence-corrected chi connectivity index (χ2v) is 15.9. The molecule has 4 heterocycles. The fraction of sp³-hybridized carbons (Fsp3) is 0.556. The summed E-state index contributed by atoms with van der Waals surface area (Å²) in [6.45, 7) is 8.98. The predicted octanol–water partition coefficient (Wildman–Crippen LogP) is 7.40. The van der Waals surface area contributed by atoms with E-state index in [9.17, 15) is 9.59 Å². The fourth-order valence-electron chi connectivity index (χ4n) is 7.74. The van der Waals surface area contributed by atoms with Crippen molar-refractivity contribution in [2.45, 2.75) is 95.5 Å². The average Bonchev–Trinajstić information content (AvgIpc) is 3.80. The van der Waals surface area contributed by atoms with Gasteiger partial charge in [-0.25, -0.2) is 0 Å². The van der Waals surface area contributed by atoms with Gasteiger partial charge in [-0.3, -0.25) is 14.5 Å². The molecule has 3 aliphatic heterocycles. The molecule has 11 heteroatoms. The first kappa shape index (κ1) is 33.3. The molecule has 4 aliphatic rings. The summed E-state index contributed by atoms with van der Waals surface area (Å²) in [5.74, 6) is -0.0667. The van der Waals surface area contributed by atoms with E-state index in [4.69, 9.17) is 37.4 Å². The van der Waals surface area contributed by atoms with Crippen LogP contribution < -0.4 is 5.32 Å². The summed E-state index contributed by atoms with van der Waals surface area (Å²) in [5, 5.41) is 6.37. The number of rotatable bonds is 8. The molecule has 3 saturated heterocycles. The Morgan fingerprint density at radius 3 is 2.49 bits per heavy atom. The first-order chi connectivity index (χ1) is 22.5. The SMILES string of the molecule is CC1CCC(OC[C@@H]2C[C@H](N3C[C@@H]4OC(C)(C)O[C@@H]4C3)CN2C(=O)Cc2cc(Cl)c(NC(=O)c3csc4ccccc34)cc2Cl)CC1. The largest absolute Gasteiger partial charge is 0.376 e. The summed E-state index contributed by atoms with van der Waals surface area (Å²) in [7, 11) is 0. The third kappa shape index (κ3) is 7.23. The predicted molar refractivity (Wildman–Crippen MR) is 187 cm³/mol. The molecule has 1 saturated carbocycles. The van der Waals surface area contributed by atoms with Crippen molar-refractivity contribution in [2.24, 2.45) is 5.92 Å². The van der Waals surface area contributed by atoms with Gasteiger partial charge in [0.2, 0.25) is 5.91 Å². The van der Waals surface area contributed by atoms with Crippen LogP contribution in [-0.2, 0) is 25.4 Å². The fourth-order valence-corrected chi connectivity index (χ4v) is 9.15. The van der Waals surface area contributed by atoms with Gasteiger partial charge in [0, 0.05) is 46.2 Å². The zero-order valence-corrected chi connectivity index (χ0v) is 29.5. The van der Waals surface area contributed by atoms with Gasteiger partial charge < -0.3 is 24.4 Å². The van der Waals surface area contributed by atoms with Crippen molar-refractivity contribution < 1.29 is 23.8 Å². The highest BCUT2D eigenvalue weighted by Gasteiger charge is 2.50. The Balaban J connectivity index is 1.03. The number of anilines is 1. The molecule has 1 aromatic heterocycles. The maximum Gasteiger partial charge on any atom is 0.257 e. The Morgan fingerprint density at radius 1 is 1.02 bits per heavy atom. The third-order valence-electron chi connectivity index (χ3n) is 10.3. The van der Waals surface area contributed by atoms with Crippen LogP contribution in [0.15, 0.2) is 41.8 Å². The lowest BCUT2D eigenvalue weighted by Gasteiger charge is -2.30. The minimum atomic E-state index is -0.551. The number of benzene rings is 2. The van der Waals surface area contributed by atoms with E-state index in [0.717, 1.165) is 48.4 Å². The van der Waals surface area contributed by atoms with Crippen LogP contribution in [0.3, 0.4) is 0 Å². The van der Waals surface area contributed by atoms with E-state index in [1.807, 2.05) is 48.4 Å². The molecule has 0 spiro atoms. The highest BCUT2D eigenvalue weighted by molar-refractivity contribution is 7.17. The lowest BCUT2D eigenvalue weighted by Crippen LogP contribution is -2.42. The van der Waals surface area contributed by atoms with Crippen molar-refractivity contribution in [1.82, 2.24) is 9.80 Å². The average molecular weight is 701 g/mol. The summed E-state index contributed by atoms with van der Waals surface area (Å²) < 4.78 is 19.8. The topological polar surface area (TPSA) is 80.3 Å². The second kappa shape index (κ2) is 13.6. The van der Waals surface area contributed by atoms with Gasteiger partial charge in [-0.2, -0.15) is 0 Å². The molecule has 8 nitrogen and oxygen atoms in total. The molecule has 2 aromatic carbocycles. The van der Waals surface area contributed by atoms with Gasteiger partial charge >= 0.3 is 0 Å². The molecule has 1 N–H and O–H groups in total. The van der Waals surface area contributed by atoms with Crippen molar-refractivity contribution in [3.05, 3.63) is 63.0 Å². The van der Waals surface area contributed by atoms with E-state index in [-0.39, 0.29) is 48.6 Å². The number of halogens is 2. The maximum atomic E-state index is 14.0. The zero-order chi connectivity index (χ0) is 32.9. The van der Waals surface area contributed by atoms with E-state index < -0.39 is 5.79 Å². The van der Waals surface area contributed by atoms with Gasteiger partial charge in [-0.15, -0.1) is 11.3 Å². The summed E-state index contributed by atoms with van der Waals surface area (Å²) >= 11 is 14.9. The Kier molecular flexibility index (Phi) is 9.61. The molecule has 252 valence electrons. The molecule has 4 atom stereocenters. The van der Waals surface area contributed by atoms with E-state index in [1.165, 1.54) is 24.2 Å². The van der Waals surface area contributed by atoms with E-state index in [2.05, 4.69) is 17.1 Å². The number of carbonyl (C=O) groups excluding carboxylic acids is 2. The number of thiophene rings is 1. The van der Waals surface area contributed by atoms with Crippen LogP contribution in [0, 0.1) is 5.92 Å². The van der Waals surface area contributed by atoms with Gasteiger partial charge in [-0.05, 0) is 75.6 Å². The molecule has 7 rings (SSSR count). The van der Waals surface area contributed by atoms with Crippen LogP contribution in [0.4, 0.5) is 5.69 Å². The van der Waals surface area contributed by atoms with Crippen LogP contribution in [0.2, 0.25) is 10.0 Å². The molecule has 47 heavy (non-hydrogen) atoms. The van der Waals surface area contributed by atoms with Crippen LogP contribution in [0.5, 0.6) is 0 Å². The highest BCUT2D eigenvalue weighted by Crippen LogP contribution is 2.37. The number of nitrogens with zero attached hydrogens (tertiary/aromatic N) is 2. The van der Waals surface area contributed by atoms with Crippen molar-refractivity contribution >= 4 is 62.1 Å². The highest BCUT2D eigenvalue weighted by atomic mass is 35.5. The molecule has 2 amide bonds. The molecular formula is C36H43Cl2N3O5S. The zero-order valence-electron chi connectivity index (χ0n) is 27.2. The number of fused-ring (bicyclic) bond motifs is 2. The van der Waals surface area contributed by atoms with Gasteiger partial charge in [0.05, 0.1) is 41.4 Å². The van der Waals surface area contributed by atoms with E-state index in [0.29, 0.717) is 40.0 Å². The quantitative estimate of drug-likeness (QED) is 0.264. The Labute approximate surface area is 290 Å². The minimum Gasteiger partial charge on any atom is -0.376 e. The van der Waals surface area contributed by atoms with Gasteiger partial charge in [-0.1, -0.05) is 48.3 Å². The number of amides is 2. The summed E-state index contributed by atoms with van der Waals surface area (Å²) in [5.41, 5.74) is 1.62. The molecule has 0 unspecified atom stereocenters. The normalized spacial score (nSPS) is 29.0. The number of hydrogen-bond acceptors (Lipinski definition) is 7. The monoisotopic (exact) mass is 699 g/mol. The number of ether oxygens (including phenoxy) is 3. The number of hydrogen-bond donors (Lipinski definition) is 1. The van der Waals surface area contributed by atoms with Crippen LogP contribution in [0.25, 0.3) is 10.1 Å². The Hall–Kier alpha value is -2.24. The lowest BCUT2D eigenvalue weighted by atomic mass is 9.89. The Morgan fingerprint density at radius 2 is 1.74 bits per heavy atom. The van der Waals surface area contributed by atoms with Gasteiger partial charge in [0.25, 0.3) is 5.91 Å². The number of carbonyl (C=O) groups is 2. The third-order valence-corrected chi connectivity index (χ3v) is 11.9. The standard InChI is InChI=1S/C36H43Cl2N3O5S/c1-21-8-10-25(11-9-21)44-19-24-14-23(40-17-31-32(18-40)46-36(2,3)45-31)16-41(24)34(42)13-22-12-29(38)30(15-28(22)37)39-35(43)27-20-47-33-7-5-4-6-26(27)33/h4-7,12,15,20-21,23-25,31-32H,8-11,13-14,16-19H2,1-3H3,(H,39,43)/t21?,23-,24-,25?,31-,32+/m0/s1. The molecule has 1 aliphatic carbocycles. The van der Waals surface area contributed by atoms with Crippen molar-refractivity contribution in [3.63, 3.8) is 0 Å². The first-order valence-corrected chi connectivity index (χ1v) is 18.4. The summed E-state index contributed by atoms with van der Waals surface area (Å²) in [4.78, 5) is 31.6. The minimum absolute atomic E-state index is 0.00844. The molecule has 3 aromatic rings. The molecule has 0 radical (unpaired) electrons. The van der Waals surface area contributed by atoms with Crippen molar-refractivity contribution in [3.8, 4) is 0 Å². The number of likely N-dealkylation sites (tertiary alicyclic amines) is 2. The molecule has 0 bridgehead atoms. The van der Waals surface area contributed by atoms with Crippen molar-refractivity contribution in [2.75, 3.05) is 31.6 Å². The first-order valence-electron chi connectivity index (χ1n) is 16.8. The molecule has 4 fully saturated rings. The summed E-state index contributed by atoms with van der Waals surface area (Å²) in [6.07, 6.45) is 5.82. The van der Waals surface area contributed by atoms with E-state index in [1.54, 1.807) is 12.1 Å². The summed E-state index contributed by atoms with van der Waals surface area (Å²) in [6, 6.07) is 11.3.